The third-order valence-corrected chi connectivity index (χ3v) is 1.58. The van der Waals surface area contributed by atoms with Gasteiger partial charge in [0, 0.05) is 6.54 Å². The maximum Gasteiger partial charge on any atom is 0.281 e. The first-order valence-electron chi connectivity index (χ1n) is 3.17. The Morgan fingerprint density at radius 2 is 2.56 bits per heavy atom. The number of hydrogen-bond acceptors (Lipinski definition) is 3. The largest absolute Gasteiger partial charge is 0.392 e. The van der Waals surface area contributed by atoms with Crippen molar-refractivity contribution in [1.29, 1.82) is 0 Å². The summed E-state index contributed by atoms with van der Waals surface area (Å²) in [5, 5.41) is 8.97. The Kier molecular flexibility index (Phi) is 2.25. The Morgan fingerprint density at radius 1 is 1.78 bits per heavy atom. The molecule has 0 spiro atoms. The first-order valence-corrected chi connectivity index (χ1v) is 3.17. The van der Waals surface area contributed by atoms with E-state index in [1.54, 1.807) is 0 Å². The molecule has 1 aliphatic heterocycles. The zero-order valence-electron chi connectivity index (χ0n) is 5.29. The molecule has 1 fully saturated rings. The van der Waals surface area contributed by atoms with Crippen LogP contribution in [0.5, 0.6) is 0 Å². The summed E-state index contributed by atoms with van der Waals surface area (Å²) >= 11 is 0. The van der Waals surface area contributed by atoms with Gasteiger partial charge in [-0.15, -0.1) is 0 Å². The van der Waals surface area contributed by atoms with Crippen molar-refractivity contribution < 1.29 is 9.90 Å². The summed E-state index contributed by atoms with van der Waals surface area (Å²) in [6.45, 7) is 1.53. The fourth-order valence-corrected chi connectivity index (χ4v) is 1.08. The van der Waals surface area contributed by atoms with Crippen LogP contribution >= 0.6 is 0 Å². The molecular weight excluding hydrogens is 117 g/mol. The molecule has 9 heavy (non-hydrogen) atoms. The fourth-order valence-electron chi connectivity index (χ4n) is 1.08. The Labute approximate surface area is 54.9 Å². The Morgan fingerprint density at radius 3 is 3.00 bits per heavy atom. The van der Waals surface area contributed by atoms with Gasteiger partial charge < -0.3 is 14.7 Å². The molecule has 1 saturated heterocycles. The molecule has 50 valence electrons. The number of aliphatic hydroxyl groups excluding tert-OH is 1. The molecule has 1 N–H and O–H groups in total. The molecule has 4 heteroatoms. The van der Waals surface area contributed by atoms with E-state index >= 15 is 0 Å². The number of β-amino-alcohol motifs (C(OH)–C–C–N with tert-alkyl or cyclic N) is 1. The topological polar surface area (TPSA) is 40.5 Å². The van der Waals surface area contributed by atoms with Gasteiger partial charge in [0.15, 0.2) is 0 Å². The first kappa shape index (κ1) is 6.77. The van der Waals surface area contributed by atoms with E-state index in [4.69, 9.17) is 5.11 Å². The second-order valence-corrected chi connectivity index (χ2v) is 2.37. The van der Waals surface area contributed by atoms with Crippen LogP contribution in [0.3, 0.4) is 0 Å². The highest BCUT2D eigenvalue weighted by atomic mass is 16.3. The molecule has 0 aliphatic carbocycles. The molecule has 0 aromatic rings. The lowest BCUT2D eigenvalue weighted by atomic mass is 9.96. The normalized spacial score (nSPS) is 28.3. The van der Waals surface area contributed by atoms with Gasteiger partial charge in [0.25, 0.3) is 7.41 Å². The lowest BCUT2D eigenvalue weighted by molar-refractivity contribution is 0.189. The van der Waals surface area contributed by atoms with Gasteiger partial charge in [-0.05, 0) is 13.0 Å². The Bertz CT molecular complexity index is 109. The molecule has 1 heterocycles. The van der Waals surface area contributed by atoms with Crippen LogP contribution in [0.25, 0.3) is 0 Å². The maximum atomic E-state index is 9.94. The van der Waals surface area contributed by atoms with E-state index in [2.05, 4.69) is 0 Å². The van der Waals surface area contributed by atoms with Crippen molar-refractivity contribution in [2.75, 3.05) is 13.1 Å². The van der Waals surface area contributed by atoms with E-state index in [9.17, 15) is 4.79 Å². The van der Waals surface area contributed by atoms with Gasteiger partial charge >= 0.3 is 0 Å². The van der Waals surface area contributed by atoms with Crippen LogP contribution in [0.15, 0.2) is 0 Å². The Balaban J connectivity index is 2.21. The third kappa shape index (κ3) is 1.80. The first-order chi connectivity index (χ1) is 4.33. The number of rotatable bonds is 2. The van der Waals surface area contributed by atoms with Crippen molar-refractivity contribution in [3.05, 3.63) is 0 Å². The summed E-state index contributed by atoms with van der Waals surface area (Å²) in [6.07, 6.45) is 1.48. The van der Waals surface area contributed by atoms with Crippen LogP contribution in [0.2, 0.25) is 0 Å². The van der Waals surface area contributed by atoms with Crippen molar-refractivity contribution in [2.45, 2.75) is 12.5 Å². The minimum absolute atomic E-state index is 0.204. The summed E-state index contributed by atoms with van der Waals surface area (Å²) in [6, 6.07) is 0. The van der Waals surface area contributed by atoms with Gasteiger partial charge in [-0.25, -0.2) is 0 Å². The molecule has 0 amide bonds. The summed E-state index contributed by atoms with van der Waals surface area (Å²) < 4.78 is 0. The standard InChI is InChI=1S/C5H10BNO2/c8-4-6-7-2-1-5(9)3-7/h4-6,9H,1-3H2/t5-/m1/s1. The van der Waals surface area contributed by atoms with Gasteiger partial charge in [0.2, 0.25) is 0 Å². The van der Waals surface area contributed by atoms with E-state index < -0.39 is 0 Å². The maximum absolute atomic E-state index is 9.94. The zero-order chi connectivity index (χ0) is 6.69. The quantitative estimate of drug-likeness (QED) is 0.366. The molecule has 0 aromatic heterocycles. The Hall–Kier alpha value is -0.345. The van der Waals surface area contributed by atoms with Crippen LogP contribution in [0.1, 0.15) is 6.42 Å². The molecular formula is C5H10BNO2. The number of aliphatic hydroxyl groups is 1. The predicted octanol–water partition coefficient (Wildman–Crippen LogP) is -1.41. The summed E-state index contributed by atoms with van der Waals surface area (Å²) in [7, 11) is 0.469. The highest BCUT2D eigenvalue weighted by Gasteiger charge is 2.19. The molecule has 0 aromatic carbocycles. The number of carbonyl (C=O) groups excluding carboxylic acids is 1. The highest BCUT2D eigenvalue weighted by Crippen LogP contribution is 2.05. The van der Waals surface area contributed by atoms with Crippen LogP contribution < -0.4 is 0 Å². The highest BCUT2D eigenvalue weighted by molar-refractivity contribution is 6.64. The minimum Gasteiger partial charge on any atom is -0.392 e. The van der Waals surface area contributed by atoms with E-state index in [0.29, 0.717) is 14.0 Å². The second-order valence-electron chi connectivity index (χ2n) is 2.37. The fraction of sp³-hybridized carbons (Fsp3) is 0.800. The molecule has 0 saturated carbocycles. The smallest absolute Gasteiger partial charge is 0.281 e. The molecule has 0 unspecified atom stereocenters. The van der Waals surface area contributed by atoms with Gasteiger partial charge in [0.05, 0.1) is 12.3 Å². The molecule has 0 bridgehead atoms. The third-order valence-electron chi connectivity index (χ3n) is 1.58. The van der Waals surface area contributed by atoms with E-state index in [-0.39, 0.29) is 6.10 Å². The monoisotopic (exact) mass is 127 g/mol. The molecule has 1 atom stereocenters. The second kappa shape index (κ2) is 2.99. The molecule has 1 rings (SSSR count). The number of hydrogen-bond donors (Lipinski definition) is 1. The summed E-state index contributed by atoms with van der Waals surface area (Å²) in [5.74, 6) is 0. The van der Waals surface area contributed by atoms with Gasteiger partial charge in [-0.2, -0.15) is 0 Å². The summed E-state index contributed by atoms with van der Waals surface area (Å²) in [5.41, 5.74) is 0. The van der Waals surface area contributed by atoms with E-state index in [0.717, 1.165) is 19.2 Å². The van der Waals surface area contributed by atoms with Crippen molar-refractivity contribution in [1.82, 2.24) is 4.81 Å². The minimum atomic E-state index is -0.204. The van der Waals surface area contributed by atoms with Crippen LogP contribution in [0.4, 0.5) is 0 Å². The SMILES string of the molecule is O=CBN1CC[C@@H](O)C1. The van der Waals surface area contributed by atoms with Gasteiger partial charge in [0.1, 0.15) is 0 Å². The van der Waals surface area contributed by atoms with Crippen LogP contribution in [0, 0.1) is 0 Å². The molecule has 1 aliphatic rings. The van der Waals surface area contributed by atoms with Crippen molar-refractivity contribution in [2.24, 2.45) is 0 Å². The summed E-state index contributed by atoms with van der Waals surface area (Å²) in [4.78, 5) is 11.9. The van der Waals surface area contributed by atoms with Crippen molar-refractivity contribution in [3.8, 4) is 0 Å². The van der Waals surface area contributed by atoms with E-state index in [1.165, 1.54) is 0 Å². The number of nitrogens with zero attached hydrogens (tertiary/aromatic N) is 1. The average molecular weight is 127 g/mol. The average Bonchev–Trinajstić information content (AvgIpc) is 2.17. The number of carbonyl (C=O) groups is 1. The van der Waals surface area contributed by atoms with Crippen molar-refractivity contribution in [3.63, 3.8) is 0 Å². The van der Waals surface area contributed by atoms with Gasteiger partial charge in [-0.1, -0.05) is 0 Å². The molecule has 3 nitrogen and oxygen atoms in total. The van der Waals surface area contributed by atoms with E-state index in [1.807, 2.05) is 4.81 Å². The van der Waals surface area contributed by atoms with Crippen molar-refractivity contribution >= 4 is 13.6 Å². The predicted molar refractivity (Wildman–Crippen MR) is 36.1 cm³/mol. The lowest BCUT2D eigenvalue weighted by Gasteiger charge is -2.07. The molecule has 0 radical (unpaired) electrons. The van der Waals surface area contributed by atoms with Crippen LogP contribution in [-0.4, -0.2) is 42.7 Å². The zero-order valence-corrected chi connectivity index (χ0v) is 5.29. The van der Waals surface area contributed by atoms with Gasteiger partial charge in [-0.3, -0.25) is 0 Å². The van der Waals surface area contributed by atoms with Crippen LogP contribution in [-0.2, 0) is 4.79 Å². The lowest BCUT2D eigenvalue weighted by Crippen LogP contribution is -2.27.